The van der Waals surface area contributed by atoms with Crippen LogP contribution in [0.1, 0.15) is 15.9 Å². The molecule has 0 fully saturated rings. The van der Waals surface area contributed by atoms with E-state index in [9.17, 15) is 4.79 Å². The van der Waals surface area contributed by atoms with E-state index >= 15 is 0 Å². The highest BCUT2D eigenvalue weighted by atomic mass is 79.9. The summed E-state index contributed by atoms with van der Waals surface area (Å²) in [5.74, 6) is 0.252. The van der Waals surface area contributed by atoms with Gasteiger partial charge in [0.1, 0.15) is 5.82 Å². The van der Waals surface area contributed by atoms with Gasteiger partial charge in [0, 0.05) is 8.95 Å². The number of hydrogen-bond acceptors (Lipinski definition) is 3. The Labute approximate surface area is 127 Å². The number of rotatable bonds is 2. The first-order valence-electron chi connectivity index (χ1n) is 5.46. The minimum absolute atomic E-state index is 0.226. The molecule has 2 aromatic rings. The van der Waals surface area contributed by atoms with Crippen LogP contribution < -0.4 is 11.1 Å². The molecule has 98 valence electrons. The van der Waals surface area contributed by atoms with Gasteiger partial charge in [0.15, 0.2) is 0 Å². The average Bonchev–Trinajstić information content (AvgIpc) is 2.33. The molecule has 4 nitrogen and oxygen atoms in total. The number of nitrogens with zero attached hydrogens (tertiary/aromatic N) is 1. The molecule has 19 heavy (non-hydrogen) atoms. The molecule has 1 heterocycles. The number of carbonyl (C=O) groups is 1. The topological polar surface area (TPSA) is 68.0 Å². The van der Waals surface area contributed by atoms with Crippen LogP contribution in [0.5, 0.6) is 0 Å². The molecule has 0 unspecified atom stereocenters. The SMILES string of the molecule is Cc1cc(NC(=O)c2ccc(Br)cc2Br)ncc1N. The predicted octanol–water partition coefficient (Wildman–Crippen LogP) is 3.75. The molecule has 1 amide bonds. The molecular weight excluding hydrogens is 374 g/mol. The zero-order valence-corrected chi connectivity index (χ0v) is 13.2. The van der Waals surface area contributed by atoms with Gasteiger partial charge in [-0.1, -0.05) is 15.9 Å². The van der Waals surface area contributed by atoms with Crippen molar-refractivity contribution < 1.29 is 4.79 Å². The fourth-order valence-corrected chi connectivity index (χ4v) is 2.72. The normalized spacial score (nSPS) is 10.3. The van der Waals surface area contributed by atoms with Crippen LogP contribution in [0, 0.1) is 6.92 Å². The quantitative estimate of drug-likeness (QED) is 0.828. The van der Waals surface area contributed by atoms with Crippen LogP contribution in [-0.2, 0) is 0 Å². The molecule has 0 saturated carbocycles. The maximum Gasteiger partial charge on any atom is 0.257 e. The monoisotopic (exact) mass is 383 g/mol. The number of carbonyl (C=O) groups excluding carboxylic acids is 1. The highest BCUT2D eigenvalue weighted by molar-refractivity contribution is 9.11. The first-order valence-corrected chi connectivity index (χ1v) is 7.04. The predicted molar refractivity (Wildman–Crippen MR) is 83.2 cm³/mol. The summed E-state index contributed by atoms with van der Waals surface area (Å²) in [6.45, 7) is 1.86. The van der Waals surface area contributed by atoms with E-state index in [1.165, 1.54) is 6.20 Å². The number of halogens is 2. The lowest BCUT2D eigenvalue weighted by Crippen LogP contribution is -2.14. The van der Waals surface area contributed by atoms with Crippen molar-refractivity contribution in [2.45, 2.75) is 6.92 Å². The maximum atomic E-state index is 12.1. The second-order valence-corrected chi connectivity index (χ2v) is 5.77. The average molecular weight is 385 g/mol. The maximum absolute atomic E-state index is 12.1. The lowest BCUT2D eigenvalue weighted by Gasteiger charge is -2.08. The third-order valence-corrected chi connectivity index (χ3v) is 3.72. The molecule has 0 bridgehead atoms. The Morgan fingerprint density at radius 1 is 1.32 bits per heavy atom. The van der Waals surface area contributed by atoms with Gasteiger partial charge in [-0.15, -0.1) is 0 Å². The van der Waals surface area contributed by atoms with E-state index in [-0.39, 0.29) is 5.91 Å². The number of aryl methyl sites for hydroxylation is 1. The van der Waals surface area contributed by atoms with Crippen molar-refractivity contribution in [3.05, 3.63) is 50.5 Å². The van der Waals surface area contributed by atoms with Crippen molar-refractivity contribution in [2.75, 3.05) is 11.1 Å². The number of benzene rings is 1. The number of amides is 1. The third kappa shape index (κ3) is 3.33. The molecule has 0 aliphatic heterocycles. The molecule has 0 aliphatic rings. The van der Waals surface area contributed by atoms with Gasteiger partial charge in [-0.2, -0.15) is 0 Å². The van der Waals surface area contributed by atoms with Gasteiger partial charge in [-0.05, 0) is 52.7 Å². The third-order valence-electron chi connectivity index (χ3n) is 2.57. The highest BCUT2D eigenvalue weighted by Crippen LogP contribution is 2.23. The van der Waals surface area contributed by atoms with E-state index in [0.29, 0.717) is 21.5 Å². The summed E-state index contributed by atoms with van der Waals surface area (Å²) in [6.07, 6.45) is 1.53. The van der Waals surface area contributed by atoms with E-state index in [4.69, 9.17) is 5.73 Å². The number of aromatic nitrogens is 1. The number of anilines is 2. The molecule has 1 aromatic carbocycles. The van der Waals surface area contributed by atoms with Crippen LogP contribution in [-0.4, -0.2) is 10.9 Å². The standard InChI is InChI=1S/C13H11Br2N3O/c1-7-4-12(17-6-11(7)16)18-13(19)9-3-2-8(14)5-10(9)15/h2-6H,16H2,1H3,(H,17,18,19). The van der Waals surface area contributed by atoms with Crippen molar-refractivity contribution in [2.24, 2.45) is 0 Å². The zero-order chi connectivity index (χ0) is 14.0. The molecule has 0 aliphatic carbocycles. The summed E-state index contributed by atoms with van der Waals surface area (Å²) in [5.41, 5.74) is 7.70. The number of nitrogens with one attached hydrogen (secondary N) is 1. The number of pyridine rings is 1. The van der Waals surface area contributed by atoms with E-state index in [1.807, 2.05) is 13.0 Å². The van der Waals surface area contributed by atoms with Gasteiger partial charge in [-0.3, -0.25) is 4.79 Å². The Kier molecular flexibility index (Phi) is 4.21. The van der Waals surface area contributed by atoms with Crippen LogP contribution in [0.25, 0.3) is 0 Å². The van der Waals surface area contributed by atoms with Crippen molar-refractivity contribution in [3.63, 3.8) is 0 Å². The van der Waals surface area contributed by atoms with Crippen molar-refractivity contribution in [1.82, 2.24) is 4.98 Å². The Bertz CT molecular complexity index is 644. The van der Waals surface area contributed by atoms with E-state index < -0.39 is 0 Å². The smallest absolute Gasteiger partial charge is 0.257 e. The highest BCUT2D eigenvalue weighted by Gasteiger charge is 2.11. The van der Waals surface area contributed by atoms with Crippen molar-refractivity contribution in [1.29, 1.82) is 0 Å². The van der Waals surface area contributed by atoms with Crippen LogP contribution in [0.4, 0.5) is 11.5 Å². The zero-order valence-electron chi connectivity index (χ0n) is 10.1. The van der Waals surface area contributed by atoms with Gasteiger partial charge in [0.05, 0.1) is 17.4 Å². The lowest BCUT2D eigenvalue weighted by atomic mass is 10.2. The summed E-state index contributed by atoms with van der Waals surface area (Å²) in [4.78, 5) is 16.2. The molecule has 6 heteroatoms. The van der Waals surface area contributed by atoms with Crippen molar-refractivity contribution >= 4 is 49.3 Å². The second-order valence-electron chi connectivity index (χ2n) is 4.00. The largest absolute Gasteiger partial charge is 0.397 e. The minimum atomic E-state index is -0.226. The molecule has 0 spiro atoms. The van der Waals surface area contributed by atoms with Gasteiger partial charge < -0.3 is 11.1 Å². The number of nitrogens with two attached hydrogens (primary N) is 1. The molecule has 0 saturated heterocycles. The van der Waals surface area contributed by atoms with Crippen LogP contribution >= 0.6 is 31.9 Å². The van der Waals surface area contributed by atoms with E-state index in [1.54, 1.807) is 18.2 Å². The molecular formula is C13H11Br2N3O. The fraction of sp³-hybridized carbons (Fsp3) is 0.0769. The van der Waals surface area contributed by atoms with E-state index in [0.717, 1.165) is 10.0 Å². The van der Waals surface area contributed by atoms with Crippen molar-refractivity contribution in [3.8, 4) is 0 Å². The first kappa shape index (κ1) is 14.0. The Balaban J connectivity index is 2.23. The molecule has 3 N–H and O–H groups in total. The van der Waals surface area contributed by atoms with Gasteiger partial charge in [0.2, 0.25) is 0 Å². The lowest BCUT2D eigenvalue weighted by molar-refractivity contribution is 0.102. The Morgan fingerprint density at radius 2 is 2.05 bits per heavy atom. The minimum Gasteiger partial charge on any atom is -0.397 e. The summed E-state index contributed by atoms with van der Waals surface area (Å²) < 4.78 is 1.61. The molecule has 0 atom stereocenters. The summed E-state index contributed by atoms with van der Waals surface area (Å²) in [6, 6.07) is 7.09. The van der Waals surface area contributed by atoms with Crippen LogP contribution in [0.3, 0.4) is 0 Å². The Hall–Kier alpha value is -1.40. The Morgan fingerprint density at radius 3 is 2.68 bits per heavy atom. The van der Waals surface area contributed by atoms with Gasteiger partial charge >= 0.3 is 0 Å². The van der Waals surface area contributed by atoms with Gasteiger partial charge in [0.25, 0.3) is 5.91 Å². The molecule has 2 rings (SSSR count). The number of hydrogen-bond donors (Lipinski definition) is 2. The summed E-state index contributed by atoms with van der Waals surface area (Å²) in [7, 11) is 0. The fourth-order valence-electron chi connectivity index (χ4n) is 1.49. The molecule has 0 radical (unpaired) electrons. The summed E-state index contributed by atoms with van der Waals surface area (Å²) >= 11 is 6.70. The van der Waals surface area contributed by atoms with Crippen LogP contribution in [0.15, 0.2) is 39.4 Å². The summed E-state index contributed by atoms with van der Waals surface area (Å²) in [5, 5.41) is 2.74. The van der Waals surface area contributed by atoms with Gasteiger partial charge in [-0.25, -0.2) is 4.98 Å². The number of nitrogen functional groups attached to an aromatic ring is 1. The van der Waals surface area contributed by atoms with Crippen LogP contribution in [0.2, 0.25) is 0 Å². The second kappa shape index (κ2) is 5.71. The van der Waals surface area contributed by atoms with E-state index in [2.05, 4.69) is 42.2 Å². The molecule has 1 aromatic heterocycles. The first-order chi connectivity index (χ1) is 8.97.